The Morgan fingerprint density at radius 1 is 0.963 bits per heavy atom. The molecule has 1 heterocycles. The van der Waals surface area contributed by atoms with Gasteiger partial charge in [-0.15, -0.1) is 0 Å². The van der Waals surface area contributed by atoms with Crippen molar-refractivity contribution in [1.82, 2.24) is 10.6 Å². The first-order valence-electron chi connectivity index (χ1n) is 8.32. The lowest BCUT2D eigenvalue weighted by molar-refractivity contribution is -0.233. The standard InChI is InChI=1S/C18H20N2O7/c21-8-12-13(22)14(23)15(24)17(27-12)20-18(26)19-16(25)11-7-3-5-9-4-1-2-6-10(9)11/h1-7,12-15,17,21-24H,8H2,(H2,19,20,25,26)/t12-,13-,14+,15-,17-/m1/s1. The Kier molecular flexibility index (Phi) is 5.68. The molecule has 9 heteroatoms. The highest BCUT2D eigenvalue weighted by molar-refractivity contribution is 6.12. The quantitative estimate of drug-likeness (QED) is 0.406. The molecule has 3 rings (SSSR count). The van der Waals surface area contributed by atoms with E-state index in [9.17, 15) is 24.9 Å². The van der Waals surface area contributed by atoms with Crippen LogP contribution in [0.4, 0.5) is 4.79 Å². The third-order valence-electron chi connectivity index (χ3n) is 4.43. The average molecular weight is 376 g/mol. The second-order valence-electron chi connectivity index (χ2n) is 6.20. The van der Waals surface area contributed by atoms with Gasteiger partial charge in [0.25, 0.3) is 5.91 Å². The van der Waals surface area contributed by atoms with E-state index >= 15 is 0 Å². The lowest BCUT2D eigenvalue weighted by Crippen LogP contribution is -2.64. The number of aliphatic hydroxyl groups is 4. The monoisotopic (exact) mass is 376 g/mol. The van der Waals surface area contributed by atoms with Crippen LogP contribution in [0.1, 0.15) is 10.4 Å². The largest absolute Gasteiger partial charge is 0.394 e. The van der Waals surface area contributed by atoms with E-state index in [4.69, 9.17) is 9.84 Å². The van der Waals surface area contributed by atoms with E-state index in [0.717, 1.165) is 5.39 Å². The molecule has 5 atom stereocenters. The zero-order valence-electron chi connectivity index (χ0n) is 14.1. The van der Waals surface area contributed by atoms with Crippen molar-refractivity contribution in [3.05, 3.63) is 48.0 Å². The maximum absolute atomic E-state index is 12.4. The number of carbonyl (C=O) groups excluding carboxylic acids is 2. The maximum Gasteiger partial charge on any atom is 0.323 e. The third kappa shape index (κ3) is 3.92. The van der Waals surface area contributed by atoms with E-state index in [1.807, 2.05) is 18.2 Å². The summed E-state index contributed by atoms with van der Waals surface area (Å²) >= 11 is 0. The summed E-state index contributed by atoms with van der Waals surface area (Å²) in [6.07, 6.45) is -7.39. The molecule has 9 nitrogen and oxygen atoms in total. The molecule has 27 heavy (non-hydrogen) atoms. The van der Waals surface area contributed by atoms with Gasteiger partial charge in [0, 0.05) is 5.56 Å². The number of urea groups is 1. The summed E-state index contributed by atoms with van der Waals surface area (Å²) in [4.78, 5) is 24.5. The third-order valence-corrected chi connectivity index (χ3v) is 4.43. The van der Waals surface area contributed by atoms with Crippen LogP contribution in [0.2, 0.25) is 0 Å². The van der Waals surface area contributed by atoms with E-state index in [1.165, 1.54) is 0 Å². The highest BCUT2D eigenvalue weighted by Gasteiger charge is 2.44. The van der Waals surface area contributed by atoms with E-state index in [0.29, 0.717) is 5.39 Å². The lowest BCUT2D eigenvalue weighted by atomic mass is 9.98. The molecule has 6 N–H and O–H groups in total. The molecular formula is C18H20N2O7. The van der Waals surface area contributed by atoms with Crippen molar-refractivity contribution in [2.24, 2.45) is 0 Å². The van der Waals surface area contributed by atoms with E-state index in [-0.39, 0.29) is 5.56 Å². The fraction of sp³-hybridized carbons (Fsp3) is 0.333. The van der Waals surface area contributed by atoms with Gasteiger partial charge in [0.05, 0.1) is 6.61 Å². The van der Waals surface area contributed by atoms with Crippen molar-refractivity contribution < 1.29 is 34.8 Å². The number of aliphatic hydroxyl groups excluding tert-OH is 4. The second-order valence-corrected chi connectivity index (χ2v) is 6.20. The van der Waals surface area contributed by atoms with Crippen molar-refractivity contribution in [3.63, 3.8) is 0 Å². The predicted molar refractivity (Wildman–Crippen MR) is 93.7 cm³/mol. The molecule has 2 aromatic rings. The number of nitrogens with one attached hydrogen (secondary N) is 2. The van der Waals surface area contributed by atoms with Crippen LogP contribution in [0, 0.1) is 0 Å². The van der Waals surface area contributed by atoms with E-state index in [1.54, 1.807) is 24.3 Å². The fourth-order valence-electron chi connectivity index (χ4n) is 2.98. The Morgan fingerprint density at radius 3 is 2.41 bits per heavy atom. The molecule has 1 aliphatic rings. The number of hydrogen-bond acceptors (Lipinski definition) is 7. The minimum Gasteiger partial charge on any atom is -0.394 e. The second kappa shape index (κ2) is 7.99. The van der Waals surface area contributed by atoms with Gasteiger partial charge >= 0.3 is 6.03 Å². The summed E-state index contributed by atoms with van der Waals surface area (Å²) in [5.41, 5.74) is 0.289. The molecular weight excluding hydrogens is 356 g/mol. The van der Waals surface area contributed by atoms with Gasteiger partial charge in [-0.1, -0.05) is 36.4 Å². The normalized spacial score (nSPS) is 27.9. The maximum atomic E-state index is 12.4. The van der Waals surface area contributed by atoms with Crippen molar-refractivity contribution >= 4 is 22.7 Å². The number of imide groups is 1. The fourth-order valence-corrected chi connectivity index (χ4v) is 2.98. The molecule has 0 bridgehead atoms. The minimum absolute atomic E-state index is 0.289. The number of carbonyl (C=O) groups is 2. The highest BCUT2D eigenvalue weighted by atomic mass is 16.6. The van der Waals surface area contributed by atoms with Crippen LogP contribution in [0.25, 0.3) is 10.8 Å². The Labute approximate surface area is 154 Å². The molecule has 0 aliphatic carbocycles. The summed E-state index contributed by atoms with van der Waals surface area (Å²) < 4.78 is 5.17. The van der Waals surface area contributed by atoms with Crippen LogP contribution in [0.15, 0.2) is 42.5 Å². The number of ether oxygens (including phenoxy) is 1. The van der Waals surface area contributed by atoms with E-state index < -0.39 is 49.2 Å². The minimum atomic E-state index is -1.64. The van der Waals surface area contributed by atoms with Crippen LogP contribution < -0.4 is 10.6 Å². The number of rotatable bonds is 3. The highest BCUT2D eigenvalue weighted by Crippen LogP contribution is 2.20. The van der Waals surface area contributed by atoms with Crippen LogP contribution in [0.3, 0.4) is 0 Å². The zero-order chi connectivity index (χ0) is 19.6. The van der Waals surface area contributed by atoms with Crippen LogP contribution in [-0.2, 0) is 4.74 Å². The zero-order valence-corrected chi connectivity index (χ0v) is 14.1. The van der Waals surface area contributed by atoms with Gasteiger partial charge in [-0.3, -0.25) is 10.1 Å². The Morgan fingerprint density at radius 2 is 1.67 bits per heavy atom. The van der Waals surface area contributed by atoms with Gasteiger partial charge in [0.2, 0.25) is 0 Å². The first-order chi connectivity index (χ1) is 12.9. The van der Waals surface area contributed by atoms with Crippen LogP contribution >= 0.6 is 0 Å². The first kappa shape index (κ1) is 19.2. The van der Waals surface area contributed by atoms with Crippen molar-refractivity contribution in [2.45, 2.75) is 30.6 Å². The predicted octanol–water partition coefficient (Wildman–Crippen LogP) is -0.921. The smallest absolute Gasteiger partial charge is 0.323 e. The number of benzene rings is 2. The molecule has 0 spiro atoms. The Balaban J connectivity index is 1.69. The number of fused-ring (bicyclic) bond motifs is 1. The molecule has 3 amide bonds. The number of hydrogen-bond donors (Lipinski definition) is 6. The Hall–Kier alpha value is -2.56. The summed E-state index contributed by atoms with van der Waals surface area (Å²) in [6, 6.07) is 11.3. The summed E-state index contributed by atoms with van der Waals surface area (Å²) in [6.45, 7) is -0.625. The van der Waals surface area contributed by atoms with Crippen molar-refractivity contribution in [3.8, 4) is 0 Å². The van der Waals surface area contributed by atoms with E-state index in [2.05, 4.69) is 10.6 Å². The van der Waals surface area contributed by atoms with Crippen LogP contribution in [0.5, 0.6) is 0 Å². The van der Waals surface area contributed by atoms with Gasteiger partial charge < -0.3 is 30.5 Å². The van der Waals surface area contributed by atoms with Gasteiger partial charge in [-0.2, -0.15) is 0 Å². The lowest BCUT2D eigenvalue weighted by Gasteiger charge is -2.39. The molecule has 1 aliphatic heterocycles. The van der Waals surface area contributed by atoms with Gasteiger partial charge in [-0.25, -0.2) is 4.79 Å². The van der Waals surface area contributed by atoms with Gasteiger partial charge in [0.1, 0.15) is 24.4 Å². The van der Waals surface area contributed by atoms with Crippen LogP contribution in [-0.4, -0.2) is 69.6 Å². The Bertz CT molecular complexity index is 836. The number of amides is 3. The molecule has 2 aromatic carbocycles. The van der Waals surface area contributed by atoms with Gasteiger partial charge in [-0.05, 0) is 16.8 Å². The van der Waals surface area contributed by atoms with Crippen molar-refractivity contribution in [2.75, 3.05) is 6.61 Å². The molecule has 1 saturated heterocycles. The summed E-state index contributed by atoms with van der Waals surface area (Å²) in [5, 5.41) is 44.4. The van der Waals surface area contributed by atoms with Crippen molar-refractivity contribution in [1.29, 1.82) is 0 Å². The molecule has 144 valence electrons. The topological polar surface area (TPSA) is 148 Å². The SMILES string of the molecule is O=C(NC(=O)c1cccc2ccccc12)N[C@@H]1O[C@H](CO)[C@@H](O)[C@H](O)[C@H]1O. The molecule has 0 radical (unpaired) electrons. The van der Waals surface area contributed by atoms with Gasteiger partial charge in [0.15, 0.2) is 6.23 Å². The molecule has 0 saturated carbocycles. The molecule has 0 aromatic heterocycles. The summed E-state index contributed by atoms with van der Waals surface area (Å²) in [7, 11) is 0. The average Bonchev–Trinajstić information content (AvgIpc) is 2.67. The first-order valence-corrected chi connectivity index (χ1v) is 8.32. The molecule has 0 unspecified atom stereocenters. The summed E-state index contributed by atoms with van der Waals surface area (Å²) in [5.74, 6) is -0.658. The molecule has 1 fully saturated rings.